The van der Waals surface area contributed by atoms with Gasteiger partial charge in [-0.3, -0.25) is 0 Å². The Labute approximate surface area is 128 Å². The number of alkyl halides is 1. The van der Waals surface area contributed by atoms with Crippen molar-refractivity contribution in [3.8, 4) is 17.6 Å². The van der Waals surface area contributed by atoms with Gasteiger partial charge in [0.25, 0.3) is 0 Å². The molecule has 0 radical (unpaired) electrons. The lowest BCUT2D eigenvalue weighted by atomic mass is 10.2. The molecule has 5 heteroatoms. The van der Waals surface area contributed by atoms with Crippen LogP contribution in [-0.2, 0) is 5.33 Å². The fourth-order valence-electron chi connectivity index (χ4n) is 2.06. The third kappa shape index (κ3) is 2.50. The summed E-state index contributed by atoms with van der Waals surface area (Å²) in [5, 5.41) is 10.3. The van der Waals surface area contributed by atoms with Crippen molar-refractivity contribution < 1.29 is 13.5 Å². The fourth-order valence-corrected chi connectivity index (χ4v) is 2.50. The summed E-state index contributed by atoms with van der Waals surface area (Å²) in [6.45, 7) is 0. The maximum atomic E-state index is 13.3. The summed E-state index contributed by atoms with van der Waals surface area (Å²) in [4.78, 5) is 0. The Morgan fingerprint density at radius 2 is 2.05 bits per heavy atom. The zero-order chi connectivity index (χ0) is 14.8. The molecule has 2 aromatic carbocycles. The van der Waals surface area contributed by atoms with Crippen LogP contribution in [0, 0.1) is 17.1 Å². The van der Waals surface area contributed by atoms with Gasteiger partial charge in [0.15, 0.2) is 5.75 Å². The van der Waals surface area contributed by atoms with Gasteiger partial charge >= 0.3 is 0 Å². The van der Waals surface area contributed by atoms with Crippen LogP contribution in [0.2, 0.25) is 0 Å². The Hall–Kier alpha value is -2.32. The molecule has 0 atom stereocenters. The van der Waals surface area contributed by atoms with E-state index in [1.165, 1.54) is 18.2 Å². The van der Waals surface area contributed by atoms with Gasteiger partial charge < -0.3 is 9.15 Å². The van der Waals surface area contributed by atoms with E-state index in [0.717, 1.165) is 0 Å². The molecule has 0 N–H and O–H groups in total. The zero-order valence-corrected chi connectivity index (χ0v) is 12.4. The van der Waals surface area contributed by atoms with Crippen molar-refractivity contribution in [1.29, 1.82) is 5.26 Å². The van der Waals surface area contributed by atoms with Crippen LogP contribution in [0.25, 0.3) is 11.0 Å². The van der Waals surface area contributed by atoms with Gasteiger partial charge in [0.1, 0.15) is 23.2 Å². The molecule has 3 aromatic rings. The monoisotopic (exact) mass is 345 g/mol. The van der Waals surface area contributed by atoms with Gasteiger partial charge in [-0.05, 0) is 30.3 Å². The molecule has 3 rings (SSSR count). The second kappa shape index (κ2) is 5.58. The summed E-state index contributed by atoms with van der Waals surface area (Å²) in [6, 6.07) is 13.4. The highest BCUT2D eigenvalue weighted by molar-refractivity contribution is 9.08. The van der Waals surface area contributed by atoms with Crippen LogP contribution < -0.4 is 4.74 Å². The molecule has 1 aromatic heterocycles. The number of hydrogen-bond donors (Lipinski definition) is 0. The normalized spacial score (nSPS) is 10.5. The largest absolute Gasteiger partial charge is 0.452 e. The van der Waals surface area contributed by atoms with E-state index in [9.17, 15) is 9.65 Å². The standard InChI is InChI=1S/C16H9BrFNO2/c17-8-10-7-11(18)5-6-13(10)21-16-12-3-1-2-4-14(12)20-15(16)9-19/h1-7H,8H2. The lowest BCUT2D eigenvalue weighted by Crippen LogP contribution is -1.91. The fraction of sp³-hybridized carbons (Fsp3) is 0.0625. The SMILES string of the molecule is N#Cc1oc2ccccc2c1Oc1ccc(F)cc1CBr. The van der Waals surface area contributed by atoms with Crippen molar-refractivity contribution >= 4 is 26.9 Å². The molecular weight excluding hydrogens is 337 g/mol. The van der Waals surface area contributed by atoms with E-state index in [4.69, 9.17) is 9.15 Å². The van der Waals surface area contributed by atoms with Crippen molar-refractivity contribution in [2.24, 2.45) is 0 Å². The van der Waals surface area contributed by atoms with Gasteiger partial charge in [-0.15, -0.1) is 0 Å². The number of benzene rings is 2. The number of nitrogens with zero attached hydrogens (tertiary/aromatic N) is 1. The van der Waals surface area contributed by atoms with Crippen LogP contribution in [0.1, 0.15) is 11.3 Å². The maximum absolute atomic E-state index is 13.3. The highest BCUT2D eigenvalue weighted by atomic mass is 79.9. The maximum Gasteiger partial charge on any atom is 0.247 e. The number of rotatable bonds is 3. The van der Waals surface area contributed by atoms with E-state index in [2.05, 4.69) is 15.9 Å². The van der Waals surface area contributed by atoms with E-state index in [-0.39, 0.29) is 11.6 Å². The van der Waals surface area contributed by atoms with Crippen molar-refractivity contribution in [1.82, 2.24) is 0 Å². The van der Waals surface area contributed by atoms with Crippen molar-refractivity contribution in [2.75, 3.05) is 0 Å². The van der Waals surface area contributed by atoms with Gasteiger partial charge in [-0.25, -0.2) is 4.39 Å². The van der Waals surface area contributed by atoms with Crippen molar-refractivity contribution in [2.45, 2.75) is 5.33 Å². The summed E-state index contributed by atoms with van der Waals surface area (Å²) in [7, 11) is 0. The van der Waals surface area contributed by atoms with Crippen LogP contribution >= 0.6 is 15.9 Å². The molecule has 0 saturated carbocycles. The predicted octanol–water partition coefficient (Wildman–Crippen LogP) is 5.13. The minimum absolute atomic E-state index is 0.0982. The molecule has 0 fully saturated rings. The summed E-state index contributed by atoms with van der Waals surface area (Å²) < 4.78 is 24.5. The van der Waals surface area contributed by atoms with Gasteiger partial charge in [-0.2, -0.15) is 5.26 Å². The number of furan rings is 1. The first-order chi connectivity index (χ1) is 10.2. The quantitative estimate of drug-likeness (QED) is 0.618. The van der Waals surface area contributed by atoms with Crippen molar-refractivity contribution in [3.05, 3.63) is 59.6 Å². The number of para-hydroxylation sites is 1. The molecule has 0 saturated heterocycles. The Bertz CT molecular complexity index is 851. The van der Waals surface area contributed by atoms with Crippen LogP contribution in [0.4, 0.5) is 4.39 Å². The summed E-state index contributed by atoms with van der Waals surface area (Å²) in [5.74, 6) is 0.591. The number of nitriles is 1. The Kier molecular flexibility index (Phi) is 3.63. The first kappa shape index (κ1) is 13.7. The predicted molar refractivity (Wildman–Crippen MR) is 80.0 cm³/mol. The third-order valence-corrected chi connectivity index (χ3v) is 3.63. The van der Waals surface area contributed by atoms with Crippen LogP contribution in [0.5, 0.6) is 11.5 Å². The van der Waals surface area contributed by atoms with Gasteiger partial charge in [0, 0.05) is 10.9 Å². The smallest absolute Gasteiger partial charge is 0.247 e. The van der Waals surface area contributed by atoms with Crippen LogP contribution in [0.15, 0.2) is 46.9 Å². The van der Waals surface area contributed by atoms with Crippen LogP contribution in [0.3, 0.4) is 0 Å². The van der Waals surface area contributed by atoms with Crippen LogP contribution in [-0.4, -0.2) is 0 Å². The van der Waals surface area contributed by atoms with Gasteiger partial charge in [0.05, 0.1) is 5.39 Å². The topological polar surface area (TPSA) is 46.2 Å². The molecule has 0 unspecified atom stereocenters. The zero-order valence-electron chi connectivity index (χ0n) is 10.8. The molecule has 0 amide bonds. The number of hydrogen-bond acceptors (Lipinski definition) is 3. The second-order valence-electron chi connectivity index (χ2n) is 4.36. The molecule has 0 aliphatic heterocycles. The molecule has 104 valence electrons. The first-order valence-corrected chi connectivity index (χ1v) is 7.29. The molecule has 21 heavy (non-hydrogen) atoms. The average molecular weight is 346 g/mol. The number of fused-ring (bicyclic) bond motifs is 1. The minimum Gasteiger partial charge on any atom is -0.452 e. The molecule has 0 spiro atoms. The highest BCUT2D eigenvalue weighted by Crippen LogP contribution is 2.37. The number of ether oxygens (including phenoxy) is 1. The lowest BCUT2D eigenvalue weighted by Gasteiger charge is -2.08. The van der Waals surface area contributed by atoms with E-state index in [1.54, 1.807) is 6.07 Å². The van der Waals surface area contributed by atoms with Gasteiger partial charge in [0.2, 0.25) is 5.76 Å². The van der Waals surface area contributed by atoms with E-state index < -0.39 is 0 Å². The molecule has 3 nitrogen and oxygen atoms in total. The van der Waals surface area contributed by atoms with E-state index in [1.807, 2.05) is 24.3 Å². The third-order valence-electron chi connectivity index (χ3n) is 3.03. The molecule has 1 heterocycles. The first-order valence-electron chi connectivity index (χ1n) is 6.17. The summed E-state index contributed by atoms with van der Waals surface area (Å²) >= 11 is 3.30. The minimum atomic E-state index is -0.339. The average Bonchev–Trinajstić information content (AvgIpc) is 2.87. The molecule has 0 aliphatic rings. The highest BCUT2D eigenvalue weighted by Gasteiger charge is 2.17. The van der Waals surface area contributed by atoms with Crippen molar-refractivity contribution in [3.63, 3.8) is 0 Å². The molecule has 0 aliphatic carbocycles. The molecular formula is C16H9BrFNO2. The second-order valence-corrected chi connectivity index (χ2v) is 4.92. The van der Waals surface area contributed by atoms with Gasteiger partial charge in [-0.1, -0.05) is 28.1 Å². The molecule has 0 bridgehead atoms. The van der Waals surface area contributed by atoms with E-state index >= 15 is 0 Å². The Balaban J connectivity index is 2.12. The Morgan fingerprint density at radius 3 is 2.81 bits per heavy atom. The number of halogens is 2. The summed E-state index contributed by atoms with van der Waals surface area (Å²) in [5.41, 5.74) is 1.23. The van der Waals surface area contributed by atoms with E-state index in [0.29, 0.717) is 33.4 Å². The summed E-state index contributed by atoms with van der Waals surface area (Å²) in [6.07, 6.45) is 0. The Morgan fingerprint density at radius 1 is 1.24 bits per heavy atom. The lowest BCUT2D eigenvalue weighted by molar-refractivity contribution is 0.462.